The van der Waals surface area contributed by atoms with Crippen molar-refractivity contribution in [1.82, 2.24) is 9.88 Å². The van der Waals surface area contributed by atoms with Crippen molar-refractivity contribution in [2.75, 3.05) is 13.1 Å². The number of aliphatic hydroxyl groups is 1. The second-order valence-corrected chi connectivity index (χ2v) is 4.99. The Bertz CT molecular complexity index is 376. The molecule has 1 aromatic rings. The third-order valence-electron chi connectivity index (χ3n) is 2.92. The number of likely N-dealkylation sites (tertiary alicyclic amines) is 1. The van der Waals surface area contributed by atoms with Crippen molar-refractivity contribution >= 4 is 15.9 Å². The van der Waals surface area contributed by atoms with Crippen molar-refractivity contribution in [3.63, 3.8) is 0 Å². The zero-order valence-electron chi connectivity index (χ0n) is 9.11. The molecule has 3 nitrogen and oxygen atoms in total. The molecule has 0 aliphatic carbocycles. The fourth-order valence-electron chi connectivity index (χ4n) is 1.85. The van der Waals surface area contributed by atoms with Gasteiger partial charge in [-0.15, -0.1) is 0 Å². The van der Waals surface area contributed by atoms with Gasteiger partial charge in [-0.05, 0) is 22.0 Å². The third-order valence-corrected chi connectivity index (χ3v) is 3.39. The van der Waals surface area contributed by atoms with E-state index in [1.54, 1.807) is 23.2 Å². The van der Waals surface area contributed by atoms with Crippen LogP contribution in [0.1, 0.15) is 24.6 Å². The van der Waals surface area contributed by atoms with E-state index in [0.717, 1.165) is 0 Å². The smallest absolute Gasteiger partial charge is 0.250 e. The van der Waals surface area contributed by atoms with Crippen molar-refractivity contribution in [1.29, 1.82) is 0 Å². The zero-order valence-corrected chi connectivity index (χ0v) is 10.7. The molecule has 0 saturated carbocycles. The average molecular weight is 307 g/mol. The average Bonchev–Trinajstić information content (AvgIpc) is 2.29. The molecular formula is C11H13BrF2N2O. The van der Waals surface area contributed by atoms with E-state index in [2.05, 4.69) is 20.9 Å². The molecule has 1 aromatic heterocycles. The first-order valence-electron chi connectivity index (χ1n) is 5.39. The van der Waals surface area contributed by atoms with Crippen molar-refractivity contribution in [3.8, 4) is 0 Å². The fourth-order valence-corrected chi connectivity index (χ4v) is 2.08. The maximum Gasteiger partial charge on any atom is 0.250 e. The van der Waals surface area contributed by atoms with Gasteiger partial charge < -0.3 is 5.11 Å². The minimum Gasteiger partial charge on any atom is -0.374 e. The van der Waals surface area contributed by atoms with Crippen LogP contribution < -0.4 is 0 Å². The molecule has 0 bridgehead atoms. The number of piperidine rings is 1. The molecule has 0 amide bonds. The molecule has 1 N–H and O–H groups in total. The predicted octanol–water partition coefficient (Wildman–Crippen LogP) is 2.57. The van der Waals surface area contributed by atoms with Gasteiger partial charge in [0.1, 0.15) is 10.8 Å². The number of hydrogen-bond donors (Lipinski definition) is 1. The number of aromatic nitrogens is 1. The lowest BCUT2D eigenvalue weighted by molar-refractivity contribution is -0.0962. The molecule has 2 rings (SSSR count). The number of hydrogen-bond acceptors (Lipinski definition) is 3. The maximum absolute atomic E-state index is 13.0. The molecule has 2 heterocycles. The fraction of sp³-hybridized carbons (Fsp3) is 0.545. The normalized spacial score (nSPS) is 22.4. The number of nitrogens with zero attached hydrogens (tertiary/aromatic N) is 2. The van der Waals surface area contributed by atoms with Crippen LogP contribution in [0.4, 0.5) is 8.78 Å². The largest absolute Gasteiger partial charge is 0.374 e. The summed E-state index contributed by atoms with van der Waals surface area (Å²) in [7, 11) is 0. The van der Waals surface area contributed by atoms with E-state index in [9.17, 15) is 13.9 Å². The van der Waals surface area contributed by atoms with Gasteiger partial charge in [0, 0.05) is 37.7 Å². The van der Waals surface area contributed by atoms with Crippen LogP contribution in [0.5, 0.6) is 0 Å². The highest BCUT2D eigenvalue weighted by molar-refractivity contribution is 9.10. The van der Waals surface area contributed by atoms with Crippen LogP contribution in [0.15, 0.2) is 22.9 Å². The number of aliphatic hydroxyl groups excluding tert-OH is 1. The number of alkyl halides is 2. The van der Waals surface area contributed by atoms with Gasteiger partial charge in [0.05, 0.1) is 0 Å². The first-order chi connectivity index (χ1) is 7.98. The van der Waals surface area contributed by atoms with Gasteiger partial charge in [-0.1, -0.05) is 6.07 Å². The summed E-state index contributed by atoms with van der Waals surface area (Å²) in [5.41, 5.74) is 0.624. The Morgan fingerprint density at radius 1 is 1.35 bits per heavy atom. The topological polar surface area (TPSA) is 36.4 Å². The van der Waals surface area contributed by atoms with Crippen LogP contribution >= 0.6 is 15.9 Å². The van der Waals surface area contributed by atoms with Gasteiger partial charge in [0.2, 0.25) is 0 Å². The predicted molar refractivity (Wildman–Crippen MR) is 62.7 cm³/mol. The van der Waals surface area contributed by atoms with E-state index in [-0.39, 0.29) is 25.9 Å². The van der Waals surface area contributed by atoms with Crippen LogP contribution in [0.2, 0.25) is 0 Å². The summed E-state index contributed by atoms with van der Waals surface area (Å²) in [6.07, 6.45) is 0.287. The third kappa shape index (κ3) is 3.20. The van der Waals surface area contributed by atoms with Gasteiger partial charge >= 0.3 is 0 Å². The molecule has 1 fully saturated rings. The van der Waals surface area contributed by atoms with Crippen molar-refractivity contribution in [2.24, 2.45) is 0 Å². The molecule has 0 aromatic carbocycles. The van der Waals surface area contributed by atoms with Gasteiger partial charge in [-0.25, -0.2) is 13.8 Å². The highest BCUT2D eigenvalue weighted by Gasteiger charge is 2.36. The highest BCUT2D eigenvalue weighted by Crippen LogP contribution is 2.31. The zero-order chi connectivity index (χ0) is 12.5. The molecule has 1 unspecified atom stereocenters. The first kappa shape index (κ1) is 12.9. The lowest BCUT2D eigenvalue weighted by Gasteiger charge is -2.34. The minimum absolute atomic E-state index is 0.199. The quantitative estimate of drug-likeness (QED) is 0.853. The lowest BCUT2D eigenvalue weighted by Crippen LogP contribution is -2.41. The van der Waals surface area contributed by atoms with E-state index in [1.165, 1.54) is 0 Å². The highest BCUT2D eigenvalue weighted by atomic mass is 79.9. The van der Waals surface area contributed by atoms with Crippen LogP contribution in [0.25, 0.3) is 0 Å². The van der Waals surface area contributed by atoms with Gasteiger partial charge in [-0.2, -0.15) is 0 Å². The van der Waals surface area contributed by atoms with E-state index in [0.29, 0.717) is 10.2 Å². The molecule has 17 heavy (non-hydrogen) atoms. The Morgan fingerprint density at radius 3 is 2.53 bits per heavy atom. The Morgan fingerprint density at radius 2 is 2.00 bits per heavy atom. The molecule has 0 spiro atoms. The van der Waals surface area contributed by atoms with Gasteiger partial charge in [-0.3, -0.25) is 4.90 Å². The van der Waals surface area contributed by atoms with Gasteiger partial charge in [0.25, 0.3) is 5.92 Å². The van der Waals surface area contributed by atoms with E-state index in [1.807, 2.05) is 0 Å². The number of halogens is 3. The van der Waals surface area contributed by atoms with Crippen molar-refractivity contribution in [2.45, 2.75) is 25.0 Å². The second-order valence-electron chi connectivity index (χ2n) is 4.18. The Hall–Kier alpha value is -0.590. The molecule has 1 atom stereocenters. The van der Waals surface area contributed by atoms with E-state index < -0.39 is 12.2 Å². The standard InChI is InChI=1S/C11H13BrF2N2O/c12-9-2-1-8(7-15-9)10(17)16-5-3-11(13,14)4-6-16/h1-2,7,10,17H,3-6H2. The summed E-state index contributed by atoms with van der Waals surface area (Å²) in [4.78, 5) is 5.65. The lowest BCUT2D eigenvalue weighted by atomic mass is 10.1. The SMILES string of the molecule is OC(c1ccc(Br)nc1)N1CCC(F)(F)CC1. The minimum atomic E-state index is -2.59. The second kappa shape index (κ2) is 4.96. The maximum atomic E-state index is 13.0. The summed E-state index contributed by atoms with van der Waals surface area (Å²) < 4.78 is 26.6. The molecule has 1 aliphatic heterocycles. The summed E-state index contributed by atoms with van der Waals surface area (Å²) >= 11 is 3.20. The molecule has 6 heteroatoms. The Kier molecular flexibility index (Phi) is 3.75. The molecule has 94 valence electrons. The molecule has 1 saturated heterocycles. The number of rotatable bonds is 2. The van der Waals surface area contributed by atoms with Crippen LogP contribution in [0.3, 0.4) is 0 Å². The molecule has 1 aliphatic rings. The van der Waals surface area contributed by atoms with Crippen LogP contribution in [-0.4, -0.2) is 34.0 Å². The summed E-state index contributed by atoms with van der Waals surface area (Å²) in [5.74, 6) is -2.59. The summed E-state index contributed by atoms with van der Waals surface area (Å²) in [5, 5.41) is 10.0. The monoisotopic (exact) mass is 306 g/mol. The van der Waals surface area contributed by atoms with E-state index >= 15 is 0 Å². The Labute approximate surface area is 107 Å². The van der Waals surface area contributed by atoms with Crippen LogP contribution in [-0.2, 0) is 0 Å². The van der Waals surface area contributed by atoms with E-state index in [4.69, 9.17) is 0 Å². The van der Waals surface area contributed by atoms with Crippen molar-refractivity contribution < 1.29 is 13.9 Å². The molecular weight excluding hydrogens is 294 g/mol. The summed E-state index contributed by atoms with van der Waals surface area (Å²) in [6.45, 7) is 0.397. The Balaban J connectivity index is 2.01. The van der Waals surface area contributed by atoms with Crippen molar-refractivity contribution in [3.05, 3.63) is 28.5 Å². The summed E-state index contributed by atoms with van der Waals surface area (Å²) in [6, 6.07) is 3.45. The number of pyridine rings is 1. The van der Waals surface area contributed by atoms with Crippen LogP contribution in [0, 0.1) is 0 Å². The molecule has 0 radical (unpaired) electrons. The van der Waals surface area contributed by atoms with Gasteiger partial charge in [0.15, 0.2) is 0 Å². The first-order valence-corrected chi connectivity index (χ1v) is 6.19.